The van der Waals surface area contributed by atoms with Gasteiger partial charge in [0.1, 0.15) is 35.2 Å². The van der Waals surface area contributed by atoms with Crippen molar-refractivity contribution in [2.45, 2.75) is 0 Å². The van der Waals surface area contributed by atoms with E-state index in [-0.39, 0.29) is 11.6 Å². The number of nitrogens with one attached hydrogen (secondary N) is 1. The molecule has 3 heterocycles. The van der Waals surface area contributed by atoms with Crippen LogP contribution in [-0.2, 0) is 0 Å². The number of aromatic nitrogens is 6. The molecule has 112 valence electrons. The van der Waals surface area contributed by atoms with E-state index in [0.29, 0.717) is 17.0 Å². The van der Waals surface area contributed by atoms with Gasteiger partial charge in [-0.25, -0.2) is 4.98 Å². The molecule has 4 rings (SSSR count). The second-order valence-electron chi connectivity index (χ2n) is 4.64. The van der Waals surface area contributed by atoms with E-state index >= 15 is 0 Å². The number of amides is 1. The Balaban J connectivity index is 1.65. The molecule has 0 atom stereocenters. The quantitative estimate of drug-likeness (QED) is 0.618. The van der Waals surface area contributed by atoms with Crippen molar-refractivity contribution in [1.29, 1.82) is 0 Å². The Morgan fingerprint density at radius 2 is 1.87 bits per heavy atom. The van der Waals surface area contributed by atoms with Crippen molar-refractivity contribution in [3.05, 3.63) is 54.7 Å². The lowest BCUT2D eigenvalue weighted by molar-refractivity contribution is 0.102. The molecule has 0 saturated heterocycles. The van der Waals surface area contributed by atoms with Crippen LogP contribution in [0.5, 0.6) is 0 Å². The summed E-state index contributed by atoms with van der Waals surface area (Å²) in [5.41, 5.74) is 2.31. The molecule has 0 unspecified atom stereocenters. The summed E-state index contributed by atoms with van der Waals surface area (Å²) in [5.74, 6) is 0.247. The molecule has 0 saturated carbocycles. The van der Waals surface area contributed by atoms with Gasteiger partial charge in [-0.2, -0.15) is 8.75 Å². The molecule has 8 nitrogen and oxygen atoms in total. The van der Waals surface area contributed by atoms with Crippen LogP contribution in [0.25, 0.3) is 16.9 Å². The zero-order chi connectivity index (χ0) is 15.6. The highest BCUT2D eigenvalue weighted by atomic mass is 32.1. The van der Waals surface area contributed by atoms with Crippen LogP contribution in [0.1, 0.15) is 10.5 Å². The van der Waals surface area contributed by atoms with Crippen LogP contribution in [0.4, 0.5) is 5.69 Å². The molecule has 23 heavy (non-hydrogen) atoms. The van der Waals surface area contributed by atoms with Crippen LogP contribution in [-0.4, -0.2) is 34.4 Å². The number of benzene rings is 1. The van der Waals surface area contributed by atoms with Gasteiger partial charge < -0.3 is 5.32 Å². The zero-order valence-electron chi connectivity index (χ0n) is 11.6. The molecular weight excluding hydrogens is 314 g/mol. The highest BCUT2D eigenvalue weighted by molar-refractivity contribution is 7.00. The molecule has 1 aromatic carbocycles. The molecule has 1 N–H and O–H groups in total. The molecule has 0 aliphatic carbocycles. The number of rotatable bonds is 3. The van der Waals surface area contributed by atoms with Gasteiger partial charge in [0.2, 0.25) is 0 Å². The van der Waals surface area contributed by atoms with E-state index in [9.17, 15) is 4.79 Å². The molecule has 4 aromatic rings. The average molecular weight is 323 g/mol. The van der Waals surface area contributed by atoms with Crippen LogP contribution < -0.4 is 5.32 Å². The smallest absolute Gasteiger partial charge is 0.274 e. The minimum absolute atomic E-state index is 0.288. The summed E-state index contributed by atoms with van der Waals surface area (Å²) >= 11 is 1.11. The van der Waals surface area contributed by atoms with E-state index in [1.54, 1.807) is 28.8 Å². The van der Waals surface area contributed by atoms with Gasteiger partial charge in [-0.05, 0) is 24.3 Å². The zero-order valence-corrected chi connectivity index (χ0v) is 12.4. The first-order chi connectivity index (χ1) is 11.3. The fraction of sp³-hybridized carbons (Fsp3) is 0. The van der Waals surface area contributed by atoms with Gasteiger partial charge in [-0.3, -0.25) is 9.36 Å². The van der Waals surface area contributed by atoms with Crippen LogP contribution >= 0.6 is 11.7 Å². The Labute approximate surface area is 134 Å². The second-order valence-corrected chi connectivity index (χ2v) is 5.17. The number of hydrogen-bond donors (Lipinski definition) is 1. The topological polar surface area (TPSA) is 98.5 Å². The number of pyridine rings is 1. The lowest BCUT2D eigenvalue weighted by Crippen LogP contribution is -2.14. The van der Waals surface area contributed by atoms with E-state index in [0.717, 1.165) is 17.2 Å². The molecule has 0 bridgehead atoms. The number of carbonyl (C=O) groups is 1. The minimum atomic E-state index is -0.319. The standard InChI is InChI=1S/C14H9N7OS/c22-14(18-9-3-1-4-10-13(9)20-23-19-10)11-5-2-6-12(17-11)21-7-15-16-8-21/h1-8H,(H,18,22). The maximum atomic E-state index is 12.4. The van der Waals surface area contributed by atoms with Crippen LogP contribution in [0.2, 0.25) is 0 Å². The van der Waals surface area contributed by atoms with Crippen molar-refractivity contribution in [1.82, 2.24) is 28.5 Å². The van der Waals surface area contributed by atoms with Gasteiger partial charge >= 0.3 is 0 Å². The van der Waals surface area contributed by atoms with E-state index in [1.807, 2.05) is 12.1 Å². The van der Waals surface area contributed by atoms with Crippen LogP contribution in [0.3, 0.4) is 0 Å². The molecule has 3 aromatic heterocycles. The Bertz CT molecular complexity index is 980. The largest absolute Gasteiger partial charge is 0.319 e. The third-order valence-electron chi connectivity index (χ3n) is 3.18. The monoisotopic (exact) mass is 323 g/mol. The average Bonchev–Trinajstić information content (AvgIpc) is 3.27. The van der Waals surface area contributed by atoms with Crippen molar-refractivity contribution < 1.29 is 4.79 Å². The SMILES string of the molecule is O=C(Nc1cccc2nsnc12)c1cccc(-n2cnnc2)n1. The first-order valence-electron chi connectivity index (χ1n) is 6.66. The molecule has 1 amide bonds. The highest BCUT2D eigenvalue weighted by Gasteiger charge is 2.12. The van der Waals surface area contributed by atoms with Gasteiger partial charge in [0.25, 0.3) is 5.91 Å². The number of hydrogen-bond acceptors (Lipinski definition) is 7. The molecule has 0 aliphatic rings. The number of fused-ring (bicyclic) bond motifs is 1. The predicted molar refractivity (Wildman–Crippen MR) is 84.5 cm³/mol. The molecule has 9 heteroatoms. The lowest BCUT2D eigenvalue weighted by atomic mass is 10.2. The summed E-state index contributed by atoms with van der Waals surface area (Å²) in [4.78, 5) is 16.8. The van der Waals surface area contributed by atoms with Gasteiger partial charge in [0.05, 0.1) is 17.4 Å². The van der Waals surface area contributed by atoms with E-state index in [2.05, 4.69) is 29.2 Å². The molecular formula is C14H9N7OS. The Hall–Kier alpha value is -3.20. The summed E-state index contributed by atoms with van der Waals surface area (Å²) in [6.07, 6.45) is 3.04. The molecule has 0 aliphatic heterocycles. The molecule has 0 radical (unpaired) electrons. The summed E-state index contributed by atoms with van der Waals surface area (Å²) in [6.45, 7) is 0. The van der Waals surface area contributed by atoms with Crippen molar-refractivity contribution in [2.75, 3.05) is 5.32 Å². The molecule has 0 fully saturated rings. The maximum absolute atomic E-state index is 12.4. The number of nitrogens with zero attached hydrogens (tertiary/aromatic N) is 6. The lowest BCUT2D eigenvalue weighted by Gasteiger charge is -2.06. The Morgan fingerprint density at radius 1 is 1.04 bits per heavy atom. The predicted octanol–water partition coefficient (Wildman–Crippen LogP) is 1.92. The fourth-order valence-corrected chi connectivity index (χ4v) is 2.66. The summed E-state index contributed by atoms with van der Waals surface area (Å²) in [6, 6.07) is 10.6. The first kappa shape index (κ1) is 13.5. The normalized spacial score (nSPS) is 10.8. The van der Waals surface area contributed by atoms with Gasteiger partial charge in [0, 0.05) is 0 Å². The Kier molecular flexibility index (Phi) is 3.24. The molecule has 0 spiro atoms. The minimum Gasteiger partial charge on any atom is -0.319 e. The van der Waals surface area contributed by atoms with Crippen molar-refractivity contribution in [3.63, 3.8) is 0 Å². The first-order valence-corrected chi connectivity index (χ1v) is 7.39. The van der Waals surface area contributed by atoms with Gasteiger partial charge in [-0.1, -0.05) is 12.1 Å². The Morgan fingerprint density at radius 3 is 2.74 bits per heavy atom. The van der Waals surface area contributed by atoms with E-state index < -0.39 is 0 Å². The summed E-state index contributed by atoms with van der Waals surface area (Å²) < 4.78 is 9.98. The van der Waals surface area contributed by atoms with Gasteiger partial charge in [0.15, 0.2) is 0 Å². The van der Waals surface area contributed by atoms with Crippen LogP contribution in [0.15, 0.2) is 49.1 Å². The third kappa shape index (κ3) is 2.53. The maximum Gasteiger partial charge on any atom is 0.274 e. The summed E-state index contributed by atoms with van der Waals surface area (Å²) in [7, 11) is 0. The number of carbonyl (C=O) groups excluding carboxylic acids is 1. The fourth-order valence-electron chi connectivity index (χ4n) is 2.11. The highest BCUT2D eigenvalue weighted by Crippen LogP contribution is 2.21. The van der Waals surface area contributed by atoms with E-state index in [1.165, 1.54) is 12.7 Å². The third-order valence-corrected chi connectivity index (χ3v) is 3.73. The van der Waals surface area contributed by atoms with Crippen molar-refractivity contribution in [3.8, 4) is 5.82 Å². The van der Waals surface area contributed by atoms with Crippen LogP contribution in [0, 0.1) is 0 Å². The second kappa shape index (κ2) is 5.54. The summed E-state index contributed by atoms with van der Waals surface area (Å²) in [5, 5.41) is 10.3. The van der Waals surface area contributed by atoms with Crippen molar-refractivity contribution >= 4 is 34.4 Å². The number of anilines is 1. The van der Waals surface area contributed by atoms with Crippen molar-refractivity contribution in [2.24, 2.45) is 0 Å². The van der Waals surface area contributed by atoms with Gasteiger partial charge in [-0.15, -0.1) is 10.2 Å². The van der Waals surface area contributed by atoms with E-state index in [4.69, 9.17) is 0 Å².